The number of aromatic amines is 1. The van der Waals surface area contributed by atoms with E-state index < -0.39 is 0 Å². The molecule has 2 N–H and O–H groups in total. The first kappa shape index (κ1) is 11.9. The summed E-state index contributed by atoms with van der Waals surface area (Å²) in [4.78, 5) is 17.9. The number of aromatic nitrogens is 2. The van der Waals surface area contributed by atoms with Crippen LogP contribution in [0.15, 0.2) is 11.1 Å². The predicted molar refractivity (Wildman–Crippen MR) is 60.5 cm³/mol. The molecule has 1 aromatic heterocycles. The molecule has 1 aliphatic rings. The van der Waals surface area contributed by atoms with Crippen LogP contribution in [0.25, 0.3) is 0 Å². The van der Waals surface area contributed by atoms with Crippen LogP contribution in [0.1, 0.15) is 0 Å². The van der Waals surface area contributed by atoms with Crippen LogP contribution in [0.4, 0.5) is 5.82 Å². The van der Waals surface area contributed by atoms with Gasteiger partial charge in [0.1, 0.15) is 0 Å². The smallest absolute Gasteiger partial charge is 0.295 e. The summed E-state index contributed by atoms with van der Waals surface area (Å²) in [5.41, 5.74) is -0.314. The Morgan fingerprint density at radius 2 is 2.53 bits per heavy atom. The van der Waals surface area contributed by atoms with Crippen LogP contribution in [-0.4, -0.2) is 49.5 Å². The summed E-state index contributed by atoms with van der Waals surface area (Å²) < 4.78 is 15.7. The Bertz CT molecular complexity index is 414. The molecule has 0 radical (unpaired) electrons. The van der Waals surface area contributed by atoms with Crippen molar-refractivity contribution in [3.8, 4) is 5.75 Å². The van der Waals surface area contributed by atoms with Gasteiger partial charge in [-0.15, -0.1) is 0 Å². The fourth-order valence-electron chi connectivity index (χ4n) is 1.57. The largest absolute Gasteiger partial charge is 0.489 e. The van der Waals surface area contributed by atoms with Crippen LogP contribution in [0.2, 0.25) is 0 Å². The van der Waals surface area contributed by atoms with Gasteiger partial charge < -0.3 is 24.5 Å². The lowest BCUT2D eigenvalue weighted by Gasteiger charge is -2.23. The second kappa shape index (κ2) is 5.65. The highest BCUT2D eigenvalue weighted by Crippen LogP contribution is 2.14. The highest BCUT2D eigenvalue weighted by molar-refractivity contribution is 5.47. The van der Waals surface area contributed by atoms with E-state index in [1.807, 2.05) is 0 Å². The van der Waals surface area contributed by atoms with Crippen LogP contribution in [0, 0.1) is 0 Å². The molecule has 1 unspecified atom stereocenters. The standard InChI is InChI=1S/C10H15N3O4/c1-15-8-9(12-6-13-10(8)14)11-4-7-5-16-2-3-17-7/h6-7H,2-5H2,1H3,(H2,11,12,13,14). The monoisotopic (exact) mass is 241 g/mol. The van der Waals surface area contributed by atoms with Gasteiger partial charge in [-0.3, -0.25) is 4.79 Å². The first-order valence-electron chi connectivity index (χ1n) is 5.36. The Balaban J connectivity index is 1.98. The molecule has 0 amide bonds. The van der Waals surface area contributed by atoms with Gasteiger partial charge in [0, 0.05) is 6.54 Å². The van der Waals surface area contributed by atoms with E-state index in [0.717, 1.165) is 0 Å². The van der Waals surface area contributed by atoms with Crippen molar-refractivity contribution in [2.45, 2.75) is 6.10 Å². The number of ether oxygens (including phenoxy) is 3. The van der Waals surface area contributed by atoms with Gasteiger partial charge in [0.05, 0.1) is 39.4 Å². The summed E-state index contributed by atoms with van der Waals surface area (Å²) in [6, 6.07) is 0. The Kier molecular flexibility index (Phi) is 3.94. The van der Waals surface area contributed by atoms with Gasteiger partial charge in [-0.25, -0.2) is 4.98 Å². The highest BCUT2D eigenvalue weighted by atomic mass is 16.6. The molecule has 1 saturated heterocycles. The van der Waals surface area contributed by atoms with Crippen molar-refractivity contribution < 1.29 is 14.2 Å². The van der Waals surface area contributed by atoms with Gasteiger partial charge in [-0.2, -0.15) is 0 Å². The van der Waals surface area contributed by atoms with E-state index in [-0.39, 0.29) is 17.4 Å². The molecular formula is C10H15N3O4. The minimum atomic E-state index is -0.314. The van der Waals surface area contributed by atoms with E-state index in [4.69, 9.17) is 14.2 Å². The summed E-state index contributed by atoms with van der Waals surface area (Å²) in [6.45, 7) is 2.28. The number of hydrogen-bond donors (Lipinski definition) is 2. The number of rotatable bonds is 4. The third-order valence-electron chi connectivity index (χ3n) is 2.40. The van der Waals surface area contributed by atoms with Gasteiger partial charge in [-0.05, 0) is 0 Å². The SMILES string of the molecule is COc1c(NCC2COCCO2)nc[nH]c1=O. The molecule has 1 aromatic rings. The van der Waals surface area contributed by atoms with Crippen molar-refractivity contribution in [2.24, 2.45) is 0 Å². The van der Waals surface area contributed by atoms with Crippen molar-refractivity contribution >= 4 is 5.82 Å². The Labute approximate surface area is 98.1 Å². The molecular weight excluding hydrogens is 226 g/mol. The Morgan fingerprint density at radius 3 is 3.24 bits per heavy atom. The third-order valence-corrected chi connectivity index (χ3v) is 2.40. The van der Waals surface area contributed by atoms with Crippen LogP contribution in [0.3, 0.4) is 0 Å². The maximum Gasteiger partial charge on any atom is 0.295 e. The fourth-order valence-corrected chi connectivity index (χ4v) is 1.57. The number of nitrogens with one attached hydrogen (secondary N) is 2. The van der Waals surface area contributed by atoms with E-state index in [0.29, 0.717) is 32.2 Å². The van der Waals surface area contributed by atoms with Crippen LogP contribution < -0.4 is 15.6 Å². The summed E-state index contributed by atoms with van der Waals surface area (Å²) in [5, 5.41) is 3.01. The zero-order valence-electron chi connectivity index (χ0n) is 9.56. The summed E-state index contributed by atoms with van der Waals surface area (Å²) in [6.07, 6.45) is 1.29. The summed E-state index contributed by atoms with van der Waals surface area (Å²) >= 11 is 0. The number of nitrogens with zero attached hydrogens (tertiary/aromatic N) is 1. The van der Waals surface area contributed by atoms with Crippen molar-refractivity contribution in [3.05, 3.63) is 16.7 Å². The van der Waals surface area contributed by atoms with Crippen molar-refractivity contribution in [1.82, 2.24) is 9.97 Å². The quantitative estimate of drug-likeness (QED) is 0.746. The lowest BCUT2D eigenvalue weighted by Crippen LogP contribution is -2.34. The van der Waals surface area contributed by atoms with Gasteiger partial charge in [0.25, 0.3) is 5.56 Å². The number of anilines is 1. The molecule has 0 saturated carbocycles. The molecule has 7 nitrogen and oxygen atoms in total. The molecule has 17 heavy (non-hydrogen) atoms. The van der Waals surface area contributed by atoms with E-state index >= 15 is 0 Å². The molecule has 7 heteroatoms. The molecule has 94 valence electrons. The summed E-state index contributed by atoms with van der Waals surface area (Å²) in [7, 11) is 1.43. The third kappa shape index (κ3) is 2.95. The van der Waals surface area contributed by atoms with Gasteiger partial charge in [0.2, 0.25) is 5.75 Å². The molecule has 2 rings (SSSR count). The van der Waals surface area contributed by atoms with E-state index in [1.165, 1.54) is 13.4 Å². The van der Waals surface area contributed by atoms with Crippen LogP contribution in [-0.2, 0) is 9.47 Å². The zero-order chi connectivity index (χ0) is 12.1. The summed E-state index contributed by atoms with van der Waals surface area (Å²) in [5.74, 6) is 0.578. The molecule has 0 bridgehead atoms. The zero-order valence-corrected chi connectivity index (χ0v) is 9.56. The van der Waals surface area contributed by atoms with Crippen LogP contribution in [0.5, 0.6) is 5.75 Å². The molecule has 2 heterocycles. The molecule has 0 aromatic carbocycles. The molecule has 1 aliphatic heterocycles. The topological polar surface area (TPSA) is 85.5 Å². The number of hydrogen-bond acceptors (Lipinski definition) is 6. The molecule has 1 fully saturated rings. The fraction of sp³-hybridized carbons (Fsp3) is 0.600. The normalized spacial score (nSPS) is 19.9. The number of H-pyrrole nitrogens is 1. The first-order valence-corrected chi connectivity index (χ1v) is 5.36. The van der Waals surface area contributed by atoms with Crippen molar-refractivity contribution in [3.63, 3.8) is 0 Å². The lowest BCUT2D eigenvalue weighted by molar-refractivity contribution is -0.0819. The van der Waals surface area contributed by atoms with Gasteiger partial charge in [-0.1, -0.05) is 0 Å². The second-order valence-corrected chi connectivity index (χ2v) is 3.56. The predicted octanol–water partition coefficient (Wildman–Crippen LogP) is -0.394. The molecule has 1 atom stereocenters. The second-order valence-electron chi connectivity index (χ2n) is 3.56. The number of methoxy groups -OCH3 is 1. The minimum Gasteiger partial charge on any atom is -0.489 e. The highest BCUT2D eigenvalue weighted by Gasteiger charge is 2.16. The van der Waals surface area contributed by atoms with Gasteiger partial charge >= 0.3 is 0 Å². The average molecular weight is 241 g/mol. The van der Waals surface area contributed by atoms with Crippen LogP contribution >= 0.6 is 0 Å². The Hall–Kier alpha value is -1.60. The van der Waals surface area contributed by atoms with E-state index in [9.17, 15) is 4.79 Å². The minimum absolute atomic E-state index is 0.0328. The van der Waals surface area contributed by atoms with Crippen molar-refractivity contribution in [1.29, 1.82) is 0 Å². The molecule has 0 spiro atoms. The molecule has 0 aliphatic carbocycles. The lowest BCUT2D eigenvalue weighted by atomic mass is 10.3. The maximum atomic E-state index is 11.4. The maximum absolute atomic E-state index is 11.4. The first-order chi connectivity index (χ1) is 8.31. The van der Waals surface area contributed by atoms with Crippen molar-refractivity contribution in [2.75, 3.05) is 38.8 Å². The van der Waals surface area contributed by atoms with E-state index in [2.05, 4.69) is 15.3 Å². The van der Waals surface area contributed by atoms with Gasteiger partial charge in [0.15, 0.2) is 5.82 Å². The average Bonchev–Trinajstić information content (AvgIpc) is 2.37. The van der Waals surface area contributed by atoms with E-state index in [1.54, 1.807) is 0 Å². The Morgan fingerprint density at radius 1 is 1.65 bits per heavy atom.